The van der Waals surface area contributed by atoms with E-state index in [0.717, 1.165) is 62.0 Å². The number of thioether (sulfide) groups is 1. The Bertz CT molecular complexity index is 2060. The average Bonchev–Trinajstić information content (AvgIpc) is 3.81. The van der Waals surface area contributed by atoms with E-state index in [1.807, 2.05) is 55.8 Å². The first-order chi connectivity index (χ1) is 29.5. The van der Waals surface area contributed by atoms with E-state index < -0.39 is 27.8 Å². The Balaban J connectivity index is 1.63. The lowest BCUT2D eigenvalue weighted by molar-refractivity contribution is -0.118. The Kier molecular flexibility index (Phi) is 22.0. The number of hydroxylamine groups is 1. The molecule has 0 fully saturated rings. The summed E-state index contributed by atoms with van der Waals surface area (Å²) in [5, 5.41) is 7.99. The Morgan fingerprint density at radius 2 is 1.48 bits per heavy atom. The molecule has 0 radical (unpaired) electrons. The number of carbonyl (C=O) groups is 2. The van der Waals surface area contributed by atoms with Gasteiger partial charge in [-0.25, -0.2) is 28.3 Å². The van der Waals surface area contributed by atoms with Crippen molar-refractivity contribution in [2.24, 2.45) is 7.05 Å². The van der Waals surface area contributed by atoms with Crippen LogP contribution in [0.1, 0.15) is 151 Å². The smallest absolute Gasteiger partial charge is 0.257 e. The highest BCUT2D eigenvalue weighted by Crippen LogP contribution is 2.35. The topological polar surface area (TPSA) is 149 Å². The number of rotatable bonds is 31. The fourth-order valence-corrected chi connectivity index (χ4v) is 9.26. The number of nitrogens with zero attached hydrogens (tertiary/aromatic N) is 4. The number of sulfonamides is 1. The zero-order valence-corrected chi connectivity index (χ0v) is 39.3. The summed E-state index contributed by atoms with van der Waals surface area (Å²) in [6.45, 7) is 9.33. The molecule has 12 nitrogen and oxygen atoms in total. The first kappa shape index (κ1) is 50.1. The van der Waals surface area contributed by atoms with Crippen LogP contribution in [0.3, 0.4) is 0 Å². The van der Waals surface area contributed by atoms with Gasteiger partial charge in [-0.1, -0.05) is 158 Å². The van der Waals surface area contributed by atoms with Gasteiger partial charge in [0.05, 0.1) is 33.5 Å². The van der Waals surface area contributed by atoms with Crippen LogP contribution in [0.2, 0.25) is 5.02 Å². The zero-order chi connectivity index (χ0) is 44.0. The number of carbonyl (C=O) groups excluding carboxylic acids is 2. The number of Topliss-reactive ketones (excluding diaryl/α,β-unsaturated/α-hetero) is 1. The quantitative estimate of drug-likeness (QED) is 0.0147. The van der Waals surface area contributed by atoms with Gasteiger partial charge in [0.2, 0.25) is 15.2 Å². The molecule has 15 heteroatoms. The maximum atomic E-state index is 15.3. The SMILES string of the molecule is CCCCCCCCCCCCNOCc1c(C(=O)C(C(=O)Nc2cc(S(=O)(=O)NCCCC)ccc2Cl)n2cnc(SCCCCCC)n2)c(-c2ccccc2)n(C)c1C. The Morgan fingerprint density at radius 1 is 0.836 bits per heavy atom. The second-order valence-corrected chi connectivity index (χ2v) is 18.9. The first-order valence-electron chi connectivity index (χ1n) is 22.3. The van der Waals surface area contributed by atoms with Gasteiger partial charge in [0, 0.05) is 37.1 Å². The van der Waals surface area contributed by atoms with Crippen molar-refractivity contribution in [3.63, 3.8) is 0 Å². The highest BCUT2D eigenvalue weighted by atomic mass is 35.5. The van der Waals surface area contributed by atoms with Crippen molar-refractivity contribution in [2.75, 3.05) is 24.2 Å². The molecule has 2 aromatic heterocycles. The van der Waals surface area contributed by atoms with Crippen molar-refractivity contribution in [3.8, 4) is 11.3 Å². The van der Waals surface area contributed by atoms with Crippen LogP contribution in [0.4, 0.5) is 5.69 Å². The monoisotopic (exact) mass is 897 g/mol. The van der Waals surface area contributed by atoms with Crippen molar-refractivity contribution in [1.29, 1.82) is 0 Å². The van der Waals surface area contributed by atoms with Crippen LogP contribution in [0.25, 0.3) is 11.3 Å². The van der Waals surface area contributed by atoms with E-state index >= 15 is 4.79 Å². The zero-order valence-electron chi connectivity index (χ0n) is 36.9. The number of anilines is 1. The normalized spacial score (nSPS) is 12.2. The summed E-state index contributed by atoms with van der Waals surface area (Å²) in [6.07, 6.45) is 19.6. The summed E-state index contributed by atoms with van der Waals surface area (Å²) < 4.78 is 32.2. The van der Waals surface area contributed by atoms with Gasteiger partial charge in [0.1, 0.15) is 6.33 Å². The van der Waals surface area contributed by atoms with E-state index in [4.69, 9.17) is 16.4 Å². The molecule has 0 bridgehead atoms. The summed E-state index contributed by atoms with van der Waals surface area (Å²) in [5.74, 6) is -0.489. The molecule has 1 atom stereocenters. The second-order valence-electron chi connectivity index (χ2n) is 15.6. The van der Waals surface area contributed by atoms with Gasteiger partial charge in [0.15, 0.2) is 11.8 Å². The predicted molar refractivity (Wildman–Crippen MR) is 249 cm³/mol. The van der Waals surface area contributed by atoms with E-state index in [0.29, 0.717) is 34.9 Å². The first-order valence-corrected chi connectivity index (χ1v) is 25.1. The molecule has 3 N–H and O–H groups in total. The van der Waals surface area contributed by atoms with Gasteiger partial charge in [-0.15, -0.1) is 5.10 Å². The third-order valence-electron chi connectivity index (χ3n) is 10.9. The summed E-state index contributed by atoms with van der Waals surface area (Å²) in [4.78, 5) is 40.4. The van der Waals surface area contributed by atoms with Crippen LogP contribution in [0, 0.1) is 6.92 Å². The number of unbranched alkanes of at least 4 members (excludes halogenated alkanes) is 13. The number of benzene rings is 2. The van der Waals surface area contributed by atoms with Crippen molar-refractivity contribution >= 4 is 50.8 Å². The highest BCUT2D eigenvalue weighted by Gasteiger charge is 2.37. The second kappa shape index (κ2) is 26.8. The molecule has 0 saturated heterocycles. The summed E-state index contributed by atoms with van der Waals surface area (Å²) in [6, 6.07) is 12.1. The predicted octanol–water partition coefficient (Wildman–Crippen LogP) is 11.0. The molecule has 336 valence electrons. The number of hydrogen-bond acceptors (Lipinski definition) is 9. The number of halogens is 1. The van der Waals surface area contributed by atoms with Gasteiger partial charge >= 0.3 is 0 Å². The van der Waals surface area contributed by atoms with E-state index in [9.17, 15) is 13.2 Å². The van der Waals surface area contributed by atoms with E-state index in [1.165, 1.54) is 92.3 Å². The van der Waals surface area contributed by atoms with Gasteiger partial charge in [-0.05, 0) is 49.9 Å². The third kappa shape index (κ3) is 15.4. The summed E-state index contributed by atoms with van der Waals surface area (Å²) in [5.41, 5.74) is 6.33. The van der Waals surface area contributed by atoms with Crippen LogP contribution in [-0.2, 0) is 33.3 Å². The minimum atomic E-state index is -3.90. The number of hydrogen-bond donors (Lipinski definition) is 3. The molecule has 4 rings (SSSR count). The number of aromatic nitrogens is 4. The Labute approximate surface area is 373 Å². The lowest BCUT2D eigenvalue weighted by Gasteiger charge is -2.19. The molecule has 0 aliphatic carbocycles. The Morgan fingerprint density at radius 3 is 2.15 bits per heavy atom. The molecule has 0 aliphatic heterocycles. The van der Waals surface area contributed by atoms with Crippen molar-refractivity contribution in [3.05, 3.63) is 76.7 Å². The molecule has 1 unspecified atom stereocenters. The highest BCUT2D eigenvalue weighted by molar-refractivity contribution is 7.99. The lowest BCUT2D eigenvalue weighted by Crippen LogP contribution is -2.34. The van der Waals surface area contributed by atoms with Gasteiger partial charge in [0.25, 0.3) is 5.91 Å². The van der Waals surface area contributed by atoms with Crippen LogP contribution < -0.4 is 15.5 Å². The molecule has 0 spiro atoms. The minimum Gasteiger partial charge on any atom is -0.347 e. The van der Waals surface area contributed by atoms with E-state index in [-0.39, 0.29) is 28.8 Å². The molecule has 4 aromatic rings. The summed E-state index contributed by atoms with van der Waals surface area (Å²) in [7, 11) is -2.00. The van der Waals surface area contributed by atoms with E-state index in [1.54, 1.807) is 0 Å². The maximum Gasteiger partial charge on any atom is 0.257 e. The Hall–Kier alpha value is -3.53. The van der Waals surface area contributed by atoms with Crippen molar-refractivity contribution < 1.29 is 22.8 Å². The molecule has 0 saturated carbocycles. The van der Waals surface area contributed by atoms with Gasteiger partial charge < -0.3 is 9.88 Å². The molecule has 2 aromatic carbocycles. The molecular formula is C46H68ClN7O5S2. The number of amides is 1. The van der Waals surface area contributed by atoms with Crippen LogP contribution >= 0.6 is 23.4 Å². The van der Waals surface area contributed by atoms with Crippen molar-refractivity contribution in [2.45, 2.75) is 153 Å². The van der Waals surface area contributed by atoms with Crippen molar-refractivity contribution in [1.82, 2.24) is 29.5 Å². The largest absolute Gasteiger partial charge is 0.347 e. The minimum absolute atomic E-state index is 0.0423. The third-order valence-corrected chi connectivity index (χ3v) is 13.6. The van der Waals surface area contributed by atoms with Crippen LogP contribution in [0.15, 0.2) is 64.9 Å². The van der Waals surface area contributed by atoms with Crippen LogP contribution in [-0.4, -0.2) is 58.3 Å². The fourth-order valence-electron chi connectivity index (χ4n) is 7.19. The number of ketones is 1. The van der Waals surface area contributed by atoms with Gasteiger partial charge in [-0.3, -0.25) is 14.4 Å². The maximum absolute atomic E-state index is 15.3. The molecule has 2 heterocycles. The van der Waals surface area contributed by atoms with E-state index in [2.05, 4.69) is 39.4 Å². The number of nitrogens with one attached hydrogen (secondary N) is 3. The molecule has 0 aliphatic rings. The summed E-state index contributed by atoms with van der Waals surface area (Å²) >= 11 is 8.05. The fraction of sp³-hybridized carbons (Fsp3) is 0.565. The molecule has 61 heavy (non-hydrogen) atoms. The van der Waals surface area contributed by atoms with Crippen LogP contribution in [0.5, 0.6) is 0 Å². The standard InChI is InChI=1S/C46H68ClN7O5S2/c1-6-9-12-14-15-16-17-18-19-23-29-49-59-33-38-35(4)53(5)42(36-25-21-20-22-26-36)41(38)44(55)43(54-34-48-46(52-54)60-31-24-13-10-7-2)45(56)51-40-32-37(27-28-39(40)47)61(57,58)50-30-11-8-3/h20-22,25-28,32,34,43,49-50H,6-19,23-24,29-31,33H2,1-5H3,(H,51,56). The molecule has 1 amide bonds. The average molecular weight is 899 g/mol. The van der Waals surface area contributed by atoms with Gasteiger partial charge in [-0.2, -0.15) is 0 Å². The molecular weight excluding hydrogens is 830 g/mol. The lowest BCUT2D eigenvalue weighted by atomic mass is 9.96.